The fraction of sp³-hybridized carbons (Fsp3) is 0.381. The Morgan fingerprint density at radius 3 is 2.32 bits per heavy atom. The molecule has 0 aromatic heterocycles. The van der Waals surface area contributed by atoms with Gasteiger partial charge in [-0.3, -0.25) is 4.79 Å². The Hall–Kier alpha value is -2.38. The van der Waals surface area contributed by atoms with Gasteiger partial charge < -0.3 is 10.1 Å². The lowest BCUT2D eigenvalue weighted by Crippen LogP contribution is -2.35. The molecular weight excluding hydrogens is 376 g/mol. The number of amides is 1. The lowest BCUT2D eigenvalue weighted by atomic mass is 10.1. The molecule has 152 valence electrons. The number of para-hydroxylation sites is 1. The molecule has 28 heavy (non-hydrogen) atoms. The van der Waals surface area contributed by atoms with Crippen molar-refractivity contribution in [3.8, 4) is 5.75 Å². The van der Waals surface area contributed by atoms with Crippen LogP contribution < -0.4 is 14.8 Å². The quantitative estimate of drug-likeness (QED) is 0.630. The van der Waals surface area contributed by atoms with Gasteiger partial charge in [0.15, 0.2) is 0 Å². The number of carbonyl (C=O) groups excluding carboxylic acids is 1. The van der Waals surface area contributed by atoms with Crippen molar-refractivity contribution in [2.75, 3.05) is 19.7 Å². The first-order chi connectivity index (χ1) is 13.2. The topological polar surface area (TPSA) is 84.5 Å². The predicted octanol–water partition coefficient (Wildman–Crippen LogP) is 2.78. The Balaban J connectivity index is 1.74. The van der Waals surface area contributed by atoms with E-state index >= 15 is 0 Å². The molecule has 0 saturated carbocycles. The van der Waals surface area contributed by atoms with Gasteiger partial charge in [-0.05, 0) is 56.0 Å². The fourth-order valence-corrected chi connectivity index (χ4v) is 4.18. The molecule has 0 heterocycles. The number of hydrogen-bond donors (Lipinski definition) is 2. The Morgan fingerprint density at radius 1 is 0.964 bits per heavy atom. The summed E-state index contributed by atoms with van der Waals surface area (Å²) in [5, 5.41) is 2.70. The van der Waals surface area contributed by atoms with Gasteiger partial charge in [0, 0.05) is 13.1 Å². The minimum atomic E-state index is -3.60. The molecule has 2 aromatic rings. The highest BCUT2D eigenvalue weighted by molar-refractivity contribution is 7.89. The van der Waals surface area contributed by atoms with E-state index in [0.29, 0.717) is 5.56 Å². The predicted molar refractivity (Wildman–Crippen MR) is 110 cm³/mol. The molecular formula is C21H28N2O4S. The molecule has 0 bridgehead atoms. The highest BCUT2D eigenvalue weighted by atomic mass is 32.2. The Labute approximate surface area is 167 Å². The molecule has 0 unspecified atom stereocenters. The van der Waals surface area contributed by atoms with Crippen LogP contribution in [-0.4, -0.2) is 34.0 Å². The minimum absolute atomic E-state index is 0.124. The first-order valence-electron chi connectivity index (χ1n) is 9.23. The molecule has 0 aliphatic heterocycles. The number of ether oxygens (including phenoxy) is 1. The van der Waals surface area contributed by atoms with Crippen LogP contribution in [0.4, 0.5) is 0 Å². The summed E-state index contributed by atoms with van der Waals surface area (Å²) in [6.45, 7) is 8.14. The molecule has 0 aliphatic rings. The van der Waals surface area contributed by atoms with Crippen molar-refractivity contribution in [3.63, 3.8) is 0 Å². The molecule has 0 radical (unpaired) electrons. The van der Waals surface area contributed by atoms with Crippen LogP contribution in [0.3, 0.4) is 0 Å². The fourth-order valence-electron chi connectivity index (χ4n) is 2.82. The van der Waals surface area contributed by atoms with Gasteiger partial charge in [0.2, 0.25) is 15.9 Å². The van der Waals surface area contributed by atoms with Gasteiger partial charge in [-0.2, -0.15) is 0 Å². The highest BCUT2D eigenvalue weighted by Gasteiger charge is 2.16. The van der Waals surface area contributed by atoms with Gasteiger partial charge in [0.25, 0.3) is 0 Å². The second-order valence-electron chi connectivity index (χ2n) is 6.84. The van der Waals surface area contributed by atoms with Gasteiger partial charge in [0.05, 0.1) is 17.9 Å². The van der Waals surface area contributed by atoms with Crippen LogP contribution in [0, 0.1) is 27.7 Å². The van der Waals surface area contributed by atoms with Crippen molar-refractivity contribution in [1.82, 2.24) is 10.0 Å². The first-order valence-corrected chi connectivity index (χ1v) is 10.7. The standard InChI is InChI=1S/C21H28N2O4S/c1-15-8-9-16(2)19(14-15)28(25,26)23-12-11-22-20(24)10-13-27-21-17(3)6-5-7-18(21)4/h5-9,14,23H,10-13H2,1-4H3,(H,22,24). The maximum atomic E-state index is 12.4. The number of benzene rings is 2. The van der Waals surface area contributed by atoms with Crippen molar-refractivity contribution in [1.29, 1.82) is 0 Å². The van der Waals surface area contributed by atoms with E-state index in [1.165, 1.54) is 0 Å². The molecule has 2 aromatic carbocycles. The van der Waals surface area contributed by atoms with E-state index in [9.17, 15) is 13.2 Å². The van der Waals surface area contributed by atoms with Gasteiger partial charge in [-0.15, -0.1) is 0 Å². The third-order valence-electron chi connectivity index (χ3n) is 4.36. The summed E-state index contributed by atoms with van der Waals surface area (Å²) >= 11 is 0. The van der Waals surface area contributed by atoms with Gasteiger partial charge >= 0.3 is 0 Å². The zero-order valence-electron chi connectivity index (χ0n) is 16.8. The number of sulfonamides is 1. The van der Waals surface area contributed by atoms with Crippen molar-refractivity contribution in [3.05, 3.63) is 58.7 Å². The van der Waals surface area contributed by atoms with Gasteiger partial charge in [-0.25, -0.2) is 13.1 Å². The molecule has 0 aliphatic carbocycles. The molecule has 1 amide bonds. The average molecular weight is 405 g/mol. The summed E-state index contributed by atoms with van der Waals surface area (Å²) in [4.78, 5) is 12.2. The van der Waals surface area contributed by atoms with Crippen molar-refractivity contribution >= 4 is 15.9 Å². The molecule has 7 heteroatoms. The van der Waals surface area contributed by atoms with Crippen LogP contribution in [-0.2, 0) is 14.8 Å². The monoisotopic (exact) mass is 404 g/mol. The normalized spacial score (nSPS) is 11.3. The lowest BCUT2D eigenvalue weighted by molar-refractivity contribution is -0.121. The first kappa shape index (κ1) is 21.9. The molecule has 0 fully saturated rings. The molecule has 0 atom stereocenters. The summed E-state index contributed by atoms with van der Waals surface area (Å²) in [5.74, 6) is 0.619. The number of nitrogens with one attached hydrogen (secondary N) is 2. The number of rotatable bonds is 9. The van der Waals surface area contributed by atoms with Crippen LogP contribution in [0.5, 0.6) is 5.75 Å². The Morgan fingerprint density at radius 2 is 1.64 bits per heavy atom. The van der Waals surface area contributed by atoms with E-state index in [1.807, 2.05) is 45.0 Å². The maximum absolute atomic E-state index is 12.4. The lowest BCUT2D eigenvalue weighted by Gasteiger charge is -2.12. The minimum Gasteiger partial charge on any atom is -0.493 e. The van der Waals surface area contributed by atoms with E-state index in [0.717, 1.165) is 22.4 Å². The summed E-state index contributed by atoms with van der Waals surface area (Å²) in [6.07, 6.45) is 0.206. The Kier molecular flexibility index (Phi) is 7.60. The average Bonchev–Trinajstić information content (AvgIpc) is 2.63. The van der Waals surface area contributed by atoms with E-state index in [1.54, 1.807) is 19.1 Å². The summed E-state index contributed by atoms with van der Waals surface area (Å²) in [5.41, 5.74) is 3.62. The van der Waals surface area contributed by atoms with Crippen molar-refractivity contribution in [2.45, 2.75) is 39.0 Å². The van der Waals surface area contributed by atoms with Crippen LogP contribution in [0.1, 0.15) is 28.7 Å². The molecule has 6 nitrogen and oxygen atoms in total. The third kappa shape index (κ3) is 6.07. The third-order valence-corrected chi connectivity index (χ3v) is 5.96. The molecule has 2 N–H and O–H groups in total. The summed E-state index contributed by atoms with van der Waals surface area (Å²) < 4.78 is 33.0. The molecule has 0 saturated heterocycles. The summed E-state index contributed by atoms with van der Waals surface area (Å²) in [7, 11) is -3.60. The van der Waals surface area contributed by atoms with Crippen LogP contribution in [0.2, 0.25) is 0 Å². The van der Waals surface area contributed by atoms with E-state index in [-0.39, 0.29) is 36.9 Å². The zero-order valence-corrected chi connectivity index (χ0v) is 17.7. The van der Waals surface area contributed by atoms with E-state index in [2.05, 4.69) is 10.0 Å². The second kappa shape index (κ2) is 9.71. The zero-order chi connectivity index (χ0) is 20.7. The smallest absolute Gasteiger partial charge is 0.240 e. The van der Waals surface area contributed by atoms with E-state index in [4.69, 9.17) is 4.74 Å². The molecule has 0 spiro atoms. The van der Waals surface area contributed by atoms with Crippen LogP contribution >= 0.6 is 0 Å². The van der Waals surface area contributed by atoms with Crippen LogP contribution in [0.25, 0.3) is 0 Å². The van der Waals surface area contributed by atoms with Crippen molar-refractivity contribution < 1.29 is 17.9 Å². The van der Waals surface area contributed by atoms with Gasteiger partial charge in [-0.1, -0.05) is 30.3 Å². The number of hydrogen-bond acceptors (Lipinski definition) is 4. The Bertz CT molecular complexity index is 919. The van der Waals surface area contributed by atoms with Crippen LogP contribution in [0.15, 0.2) is 41.3 Å². The van der Waals surface area contributed by atoms with Gasteiger partial charge in [0.1, 0.15) is 5.75 Å². The SMILES string of the molecule is Cc1ccc(C)c(S(=O)(=O)NCCNC(=O)CCOc2c(C)cccc2C)c1. The maximum Gasteiger partial charge on any atom is 0.240 e. The summed E-state index contributed by atoms with van der Waals surface area (Å²) in [6, 6.07) is 11.2. The van der Waals surface area contributed by atoms with E-state index < -0.39 is 10.0 Å². The largest absolute Gasteiger partial charge is 0.493 e. The number of aryl methyl sites for hydroxylation is 4. The highest BCUT2D eigenvalue weighted by Crippen LogP contribution is 2.22. The second-order valence-corrected chi connectivity index (χ2v) is 8.57. The van der Waals surface area contributed by atoms with Crippen molar-refractivity contribution in [2.24, 2.45) is 0 Å². The number of carbonyl (C=O) groups is 1. The molecule has 2 rings (SSSR count).